The van der Waals surface area contributed by atoms with Gasteiger partial charge >= 0.3 is 5.97 Å². The summed E-state index contributed by atoms with van der Waals surface area (Å²) in [6.45, 7) is 0.858. The maximum atomic E-state index is 10.3. The zero-order valence-electron chi connectivity index (χ0n) is 9.63. The quantitative estimate of drug-likeness (QED) is 0.828. The number of carboxylic acids is 1. The Morgan fingerprint density at radius 3 is 1.89 bits per heavy atom. The van der Waals surface area contributed by atoms with E-state index in [2.05, 4.69) is 5.32 Å². The fourth-order valence-electron chi connectivity index (χ4n) is 1.58. The molecule has 18 heavy (non-hydrogen) atoms. The van der Waals surface area contributed by atoms with Crippen LogP contribution < -0.4 is 5.32 Å². The van der Waals surface area contributed by atoms with Crippen molar-refractivity contribution in [3.05, 3.63) is 33.3 Å². The van der Waals surface area contributed by atoms with Crippen LogP contribution in [0.2, 0.25) is 15.1 Å². The molecular formula is C12H14Cl3NO2. The highest BCUT2D eigenvalue weighted by Gasteiger charge is 2.18. The van der Waals surface area contributed by atoms with Gasteiger partial charge in [0.1, 0.15) is 6.04 Å². The van der Waals surface area contributed by atoms with E-state index in [1.807, 2.05) is 0 Å². The summed E-state index contributed by atoms with van der Waals surface area (Å²) in [5.74, 6) is -0.713. The maximum Gasteiger partial charge on any atom is 0.320 e. The Hall–Kier alpha value is -0.480. The highest BCUT2D eigenvalue weighted by atomic mass is 35.5. The number of hydrogen-bond donors (Lipinski definition) is 2. The molecule has 0 aliphatic carbocycles. The minimum Gasteiger partial charge on any atom is -0.480 e. The largest absolute Gasteiger partial charge is 0.480 e. The van der Waals surface area contributed by atoms with Gasteiger partial charge in [-0.1, -0.05) is 41.2 Å². The van der Waals surface area contributed by atoms with E-state index in [9.17, 15) is 4.79 Å². The lowest BCUT2D eigenvalue weighted by atomic mass is 10.1. The van der Waals surface area contributed by atoms with Crippen molar-refractivity contribution in [2.24, 2.45) is 0 Å². The van der Waals surface area contributed by atoms with Gasteiger partial charge in [-0.05, 0) is 37.6 Å². The van der Waals surface area contributed by atoms with E-state index in [0.717, 1.165) is 25.8 Å². The minimum atomic E-state index is -0.713. The number of aliphatic carboxylic acids is 1. The minimum absolute atomic E-state index is 0.279. The Morgan fingerprint density at radius 1 is 1.11 bits per heavy atom. The molecule has 0 radical (unpaired) electrons. The van der Waals surface area contributed by atoms with Crippen LogP contribution in [0.15, 0.2) is 18.2 Å². The molecule has 0 spiro atoms. The van der Waals surface area contributed by atoms with Crippen LogP contribution in [0.5, 0.6) is 0 Å². The van der Waals surface area contributed by atoms with E-state index in [0.29, 0.717) is 15.1 Å². The Kier molecular flexibility index (Phi) is 6.79. The van der Waals surface area contributed by atoms with E-state index in [1.54, 1.807) is 18.2 Å². The van der Waals surface area contributed by atoms with E-state index in [4.69, 9.17) is 39.9 Å². The van der Waals surface area contributed by atoms with Crippen molar-refractivity contribution in [2.45, 2.75) is 25.3 Å². The molecule has 1 aromatic rings. The molecular weight excluding hydrogens is 296 g/mol. The zero-order chi connectivity index (χ0) is 13.5. The van der Waals surface area contributed by atoms with Crippen molar-refractivity contribution in [1.82, 2.24) is 5.32 Å². The van der Waals surface area contributed by atoms with Crippen molar-refractivity contribution < 1.29 is 9.90 Å². The van der Waals surface area contributed by atoms with Gasteiger partial charge in [-0.25, -0.2) is 0 Å². The lowest BCUT2D eigenvalue weighted by Gasteiger charge is -2.18. The molecule has 6 heteroatoms. The van der Waals surface area contributed by atoms with Crippen LogP contribution in [-0.4, -0.2) is 23.7 Å². The van der Waals surface area contributed by atoms with Gasteiger partial charge < -0.3 is 10.4 Å². The lowest BCUT2D eigenvalue weighted by molar-refractivity contribution is -0.140. The van der Waals surface area contributed by atoms with Gasteiger partial charge in [-0.3, -0.25) is 4.79 Å². The molecule has 1 aliphatic rings. The highest BCUT2D eigenvalue weighted by molar-refractivity contribution is 6.38. The number of nitrogens with one attached hydrogen (secondary N) is 1. The first kappa shape index (κ1) is 15.6. The molecule has 0 saturated carbocycles. The van der Waals surface area contributed by atoms with Crippen LogP contribution in [0, 0.1) is 0 Å². The average molecular weight is 311 g/mol. The Morgan fingerprint density at radius 2 is 1.61 bits per heavy atom. The Labute approximate surface area is 121 Å². The molecule has 2 rings (SSSR count). The van der Waals surface area contributed by atoms with E-state index in [1.165, 1.54) is 0 Å². The van der Waals surface area contributed by atoms with Crippen LogP contribution in [-0.2, 0) is 4.79 Å². The van der Waals surface area contributed by atoms with Crippen molar-refractivity contribution in [1.29, 1.82) is 0 Å². The van der Waals surface area contributed by atoms with Crippen LogP contribution >= 0.6 is 34.8 Å². The summed E-state index contributed by atoms with van der Waals surface area (Å²) >= 11 is 16.7. The van der Waals surface area contributed by atoms with Crippen LogP contribution in [0.4, 0.5) is 0 Å². The van der Waals surface area contributed by atoms with Gasteiger partial charge in [0.15, 0.2) is 0 Å². The fraction of sp³-hybridized carbons (Fsp3) is 0.417. The van der Waals surface area contributed by atoms with Gasteiger partial charge in [0.2, 0.25) is 0 Å². The topological polar surface area (TPSA) is 49.3 Å². The second kappa shape index (κ2) is 7.85. The number of rotatable bonds is 1. The smallest absolute Gasteiger partial charge is 0.320 e. The fourth-order valence-corrected chi connectivity index (χ4v) is 2.46. The first-order valence-electron chi connectivity index (χ1n) is 5.57. The first-order chi connectivity index (χ1) is 8.49. The van der Waals surface area contributed by atoms with Crippen LogP contribution in [0.1, 0.15) is 19.3 Å². The lowest BCUT2D eigenvalue weighted by Crippen LogP contribution is -2.40. The average Bonchev–Trinajstić information content (AvgIpc) is 2.29. The van der Waals surface area contributed by atoms with E-state index < -0.39 is 5.97 Å². The summed E-state index contributed by atoms with van der Waals surface area (Å²) in [7, 11) is 0. The summed E-state index contributed by atoms with van der Waals surface area (Å²) in [5.41, 5.74) is 0. The molecule has 1 fully saturated rings. The molecule has 1 unspecified atom stereocenters. The number of halogens is 3. The Bertz CT molecular complexity index is 356. The second-order valence-electron chi connectivity index (χ2n) is 3.93. The van der Waals surface area contributed by atoms with Crippen LogP contribution in [0.3, 0.4) is 0 Å². The monoisotopic (exact) mass is 309 g/mol. The number of benzene rings is 1. The third-order valence-corrected chi connectivity index (χ3v) is 3.09. The molecule has 3 nitrogen and oxygen atoms in total. The molecule has 1 atom stereocenters. The number of hydrogen-bond acceptors (Lipinski definition) is 2. The highest BCUT2D eigenvalue weighted by Crippen LogP contribution is 2.21. The second-order valence-corrected chi connectivity index (χ2v) is 5.24. The molecule has 2 N–H and O–H groups in total. The van der Waals surface area contributed by atoms with E-state index in [-0.39, 0.29) is 6.04 Å². The Balaban J connectivity index is 0.000000180. The number of carboxylic acid groups (broad SMARTS) is 1. The molecule has 1 heterocycles. The summed E-state index contributed by atoms with van der Waals surface area (Å²) < 4.78 is 0. The molecule has 0 aromatic heterocycles. The van der Waals surface area contributed by atoms with Gasteiger partial charge in [-0.2, -0.15) is 0 Å². The molecule has 1 aliphatic heterocycles. The maximum absolute atomic E-state index is 10.3. The molecule has 0 amide bonds. The summed E-state index contributed by atoms with van der Waals surface area (Å²) in [6, 6.07) is 4.62. The summed E-state index contributed by atoms with van der Waals surface area (Å²) in [6.07, 6.45) is 2.95. The van der Waals surface area contributed by atoms with Gasteiger partial charge in [0.25, 0.3) is 0 Å². The predicted octanol–water partition coefficient (Wildman–Crippen LogP) is 3.86. The zero-order valence-corrected chi connectivity index (χ0v) is 11.9. The van der Waals surface area contributed by atoms with Gasteiger partial charge in [0, 0.05) is 15.1 Å². The van der Waals surface area contributed by atoms with Crippen molar-refractivity contribution in [2.75, 3.05) is 6.54 Å². The van der Waals surface area contributed by atoms with E-state index >= 15 is 0 Å². The van der Waals surface area contributed by atoms with Crippen LogP contribution in [0.25, 0.3) is 0 Å². The van der Waals surface area contributed by atoms with Crippen molar-refractivity contribution in [3.8, 4) is 0 Å². The van der Waals surface area contributed by atoms with Crippen molar-refractivity contribution in [3.63, 3.8) is 0 Å². The van der Waals surface area contributed by atoms with Gasteiger partial charge in [0.05, 0.1) is 0 Å². The predicted molar refractivity (Wildman–Crippen MR) is 74.7 cm³/mol. The van der Waals surface area contributed by atoms with Crippen molar-refractivity contribution >= 4 is 40.8 Å². The molecule has 1 aromatic carbocycles. The third-order valence-electron chi connectivity index (χ3n) is 2.44. The number of carbonyl (C=O) groups is 1. The first-order valence-corrected chi connectivity index (χ1v) is 6.70. The number of piperidine rings is 1. The molecule has 100 valence electrons. The SMILES string of the molecule is Clc1cc(Cl)cc(Cl)c1.O=C(O)C1CCCCN1. The summed E-state index contributed by atoms with van der Waals surface area (Å²) in [5, 5.41) is 13.1. The molecule has 1 saturated heterocycles. The third kappa shape index (κ3) is 5.91. The summed E-state index contributed by atoms with van der Waals surface area (Å²) in [4.78, 5) is 10.3. The standard InChI is InChI=1S/C6H3Cl3.C6H11NO2/c7-4-1-5(8)3-6(9)2-4;8-6(9)5-3-1-2-4-7-5/h1-3H;5,7H,1-4H2,(H,8,9). The normalized spacial score (nSPS) is 18.7. The van der Waals surface area contributed by atoms with Gasteiger partial charge in [-0.15, -0.1) is 0 Å². The molecule has 0 bridgehead atoms.